The molecule has 0 N–H and O–H groups in total. The van der Waals surface area contributed by atoms with Gasteiger partial charge in [0.25, 0.3) is 0 Å². The SMILES string of the molecule is CCCC1(C2CCCC2)OC1C(=O)OC. The van der Waals surface area contributed by atoms with Crippen molar-refractivity contribution in [2.75, 3.05) is 7.11 Å². The Morgan fingerprint density at radius 1 is 1.47 bits per heavy atom. The van der Waals surface area contributed by atoms with E-state index in [1.54, 1.807) is 0 Å². The zero-order valence-corrected chi connectivity index (χ0v) is 9.62. The van der Waals surface area contributed by atoms with Crippen LogP contribution in [0.2, 0.25) is 0 Å². The number of hydrogen-bond donors (Lipinski definition) is 0. The molecule has 2 fully saturated rings. The average Bonchev–Trinajstić information content (AvgIpc) is 2.75. The van der Waals surface area contributed by atoms with E-state index in [-0.39, 0.29) is 17.7 Å². The molecule has 1 heterocycles. The number of rotatable bonds is 4. The summed E-state index contributed by atoms with van der Waals surface area (Å²) in [7, 11) is 1.44. The molecule has 0 amide bonds. The molecule has 3 heteroatoms. The molecule has 2 rings (SSSR count). The minimum absolute atomic E-state index is 0.154. The summed E-state index contributed by atoms with van der Waals surface area (Å²) < 4.78 is 10.5. The Hall–Kier alpha value is -0.570. The molecule has 0 bridgehead atoms. The van der Waals surface area contributed by atoms with Crippen LogP contribution in [0.5, 0.6) is 0 Å². The van der Waals surface area contributed by atoms with Gasteiger partial charge in [-0.2, -0.15) is 0 Å². The molecule has 2 unspecified atom stereocenters. The summed E-state index contributed by atoms with van der Waals surface area (Å²) >= 11 is 0. The molecule has 1 aliphatic carbocycles. The van der Waals surface area contributed by atoms with Crippen LogP contribution in [0.15, 0.2) is 0 Å². The molecular weight excluding hydrogens is 192 g/mol. The Bertz CT molecular complexity index is 245. The third-order valence-corrected chi connectivity index (χ3v) is 3.83. The highest BCUT2D eigenvalue weighted by molar-refractivity contribution is 5.79. The van der Waals surface area contributed by atoms with E-state index >= 15 is 0 Å². The zero-order chi connectivity index (χ0) is 10.9. The van der Waals surface area contributed by atoms with Crippen molar-refractivity contribution < 1.29 is 14.3 Å². The summed E-state index contributed by atoms with van der Waals surface area (Å²) in [6, 6.07) is 0. The van der Waals surface area contributed by atoms with Gasteiger partial charge in [-0.05, 0) is 25.2 Å². The van der Waals surface area contributed by atoms with Crippen molar-refractivity contribution in [1.82, 2.24) is 0 Å². The van der Waals surface area contributed by atoms with Gasteiger partial charge in [-0.1, -0.05) is 26.2 Å². The van der Waals surface area contributed by atoms with E-state index in [2.05, 4.69) is 6.92 Å². The second-order valence-electron chi connectivity index (χ2n) is 4.71. The lowest BCUT2D eigenvalue weighted by molar-refractivity contribution is -0.142. The van der Waals surface area contributed by atoms with Gasteiger partial charge >= 0.3 is 5.97 Å². The normalized spacial score (nSPS) is 35.5. The third kappa shape index (κ3) is 1.78. The lowest BCUT2D eigenvalue weighted by Gasteiger charge is -2.18. The summed E-state index contributed by atoms with van der Waals surface area (Å²) in [4.78, 5) is 11.5. The number of epoxide rings is 1. The molecule has 1 saturated carbocycles. The summed E-state index contributed by atoms with van der Waals surface area (Å²) in [6.45, 7) is 2.15. The van der Waals surface area contributed by atoms with Gasteiger partial charge in [0.15, 0.2) is 6.10 Å². The van der Waals surface area contributed by atoms with Gasteiger partial charge in [-0.15, -0.1) is 0 Å². The van der Waals surface area contributed by atoms with Crippen molar-refractivity contribution in [3.8, 4) is 0 Å². The van der Waals surface area contributed by atoms with Crippen LogP contribution >= 0.6 is 0 Å². The van der Waals surface area contributed by atoms with E-state index in [0.29, 0.717) is 5.92 Å². The van der Waals surface area contributed by atoms with Crippen molar-refractivity contribution in [3.05, 3.63) is 0 Å². The third-order valence-electron chi connectivity index (χ3n) is 3.83. The molecule has 15 heavy (non-hydrogen) atoms. The van der Waals surface area contributed by atoms with Crippen LogP contribution in [0.4, 0.5) is 0 Å². The van der Waals surface area contributed by atoms with Crippen molar-refractivity contribution >= 4 is 5.97 Å². The Morgan fingerprint density at radius 3 is 2.67 bits per heavy atom. The summed E-state index contributed by atoms with van der Waals surface area (Å²) in [5.74, 6) is 0.400. The monoisotopic (exact) mass is 212 g/mol. The lowest BCUT2D eigenvalue weighted by atomic mass is 9.84. The summed E-state index contributed by atoms with van der Waals surface area (Å²) in [6.07, 6.45) is 6.80. The molecule has 0 radical (unpaired) electrons. The first-order chi connectivity index (χ1) is 7.24. The van der Waals surface area contributed by atoms with Crippen molar-refractivity contribution in [2.24, 2.45) is 5.92 Å². The van der Waals surface area contributed by atoms with Gasteiger partial charge < -0.3 is 9.47 Å². The number of esters is 1. The van der Waals surface area contributed by atoms with Gasteiger partial charge in [-0.25, -0.2) is 4.79 Å². The van der Waals surface area contributed by atoms with Crippen molar-refractivity contribution in [1.29, 1.82) is 0 Å². The number of carbonyl (C=O) groups is 1. The molecule has 3 nitrogen and oxygen atoms in total. The van der Waals surface area contributed by atoms with E-state index in [1.807, 2.05) is 0 Å². The zero-order valence-electron chi connectivity index (χ0n) is 9.62. The van der Waals surface area contributed by atoms with Gasteiger partial charge in [0, 0.05) is 0 Å². The molecule has 86 valence electrons. The topological polar surface area (TPSA) is 38.8 Å². The maximum atomic E-state index is 11.5. The van der Waals surface area contributed by atoms with Crippen LogP contribution in [0.3, 0.4) is 0 Å². The van der Waals surface area contributed by atoms with Crippen LogP contribution in [0.25, 0.3) is 0 Å². The summed E-state index contributed by atoms with van der Waals surface area (Å²) in [5, 5.41) is 0. The van der Waals surface area contributed by atoms with Gasteiger partial charge in [0.05, 0.1) is 7.11 Å². The lowest BCUT2D eigenvalue weighted by Crippen LogP contribution is -2.29. The fourth-order valence-electron chi connectivity index (χ4n) is 3.05. The van der Waals surface area contributed by atoms with Gasteiger partial charge in [-0.3, -0.25) is 0 Å². The fraction of sp³-hybridized carbons (Fsp3) is 0.917. The minimum atomic E-state index is -0.273. The first-order valence-electron chi connectivity index (χ1n) is 6.00. The first kappa shape index (κ1) is 10.9. The Morgan fingerprint density at radius 2 is 2.13 bits per heavy atom. The predicted octanol–water partition coefficient (Wildman–Crippen LogP) is 2.29. The number of hydrogen-bond acceptors (Lipinski definition) is 3. The highest BCUT2D eigenvalue weighted by Crippen LogP contribution is 2.52. The Kier molecular flexibility index (Phi) is 3.01. The van der Waals surface area contributed by atoms with E-state index in [4.69, 9.17) is 9.47 Å². The quantitative estimate of drug-likeness (QED) is 0.530. The smallest absolute Gasteiger partial charge is 0.338 e. The highest BCUT2D eigenvalue weighted by Gasteiger charge is 2.64. The standard InChI is InChI=1S/C12H20O3/c1-3-8-12(9-6-4-5-7-9)10(15-12)11(13)14-2/h9-10H,3-8H2,1-2H3. The van der Waals surface area contributed by atoms with Gasteiger partial charge in [0.2, 0.25) is 0 Å². The molecule has 0 aromatic rings. The van der Waals surface area contributed by atoms with E-state index in [9.17, 15) is 4.79 Å². The van der Waals surface area contributed by atoms with Crippen LogP contribution < -0.4 is 0 Å². The number of ether oxygens (including phenoxy) is 2. The summed E-state index contributed by atoms with van der Waals surface area (Å²) in [5.41, 5.74) is -0.154. The van der Waals surface area contributed by atoms with E-state index in [1.165, 1.54) is 32.8 Å². The predicted molar refractivity (Wildman–Crippen MR) is 56.5 cm³/mol. The average molecular weight is 212 g/mol. The molecule has 0 aromatic carbocycles. The molecule has 2 atom stereocenters. The molecule has 1 saturated heterocycles. The fourth-order valence-corrected chi connectivity index (χ4v) is 3.05. The minimum Gasteiger partial charge on any atom is -0.467 e. The second-order valence-corrected chi connectivity index (χ2v) is 4.71. The van der Waals surface area contributed by atoms with Crippen molar-refractivity contribution in [2.45, 2.75) is 57.2 Å². The van der Waals surface area contributed by atoms with Crippen molar-refractivity contribution in [3.63, 3.8) is 0 Å². The molecule has 1 aliphatic heterocycles. The van der Waals surface area contributed by atoms with Crippen LogP contribution in [-0.2, 0) is 14.3 Å². The first-order valence-corrected chi connectivity index (χ1v) is 6.00. The number of methoxy groups -OCH3 is 1. The Balaban J connectivity index is 2.04. The van der Waals surface area contributed by atoms with E-state index < -0.39 is 0 Å². The highest BCUT2D eigenvalue weighted by atomic mass is 16.7. The van der Waals surface area contributed by atoms with Crippen LogP contribution in [-0.4, -0.2) is 24.8 Å². The molecular formula is C12H20O3. The van der Waals surface area contributed by atoms with Gasteiger partial charge in [0.1, 0.15) is 5.60 Å². The second kappa shape index (κ2) is 4.12. The maximum absolute atomic E-state index is 11.5. The largest absolute Gasteiger partial charge is 0.467 e. The maximum Gasteiger partial charge on any atom is 0.338 e. The van der Waals surface area contributed by atoms with Crippen LogP contribution in [0.1, 0.15) is 45.4 Å². The Labute approximate surface area is 91.1 Å². The molecule has 2 aliphatic rings. The number of carbonyl (C=O) groups excluding carboxylic acids is 1. The van der Waals surface area contributed by atoms with E-state index in [0.717, 1.165) is 12.8 Å². The van der Waals surface area contributed by atoms with Crippen LogP contribution in [0, 0.1) is 5.92 Å². The molecule has 0 aromatic heterocycles. The molecule has 0 spiro atoms.